The lowest BCUT2D eigenvalue weighted by atomic mass is 9.76. The Balaban J connectivity index is 1.36. The van der Waals surface area contributed by atoms with E-state index < -0.39 is 5.60 Å². The van der Waals surface area contributed by atoms with Crippen molar-refractivity contribution in [1.82, 2.24) is 9.97 Å². The van der Waals surface area contributed by atoms with Gasteiger partial charge >= 0.3 is 0 Å². The van der Waals surface area contributed by atoms with Gasteiger partial charge in [0.05, 0.1) is 20.3 Å². The van der Waals surface area contributed by atoms with Crippen LogP contribution in [0.4, 0.5) is 0 Å². The Morgan fingerprint density at radius 3 is 2.06 bits per heavy atom. The summed E-state index contributed by atoms with van der Waals surface area (Å²) in [5, 5.41) is 2.12. The fourth-order valence-electron chi connectivity index (χ4n) is 7.63. The predicted octanol–water partition coefficient (Wildman–Crippen LogP) is 10.1. The minimum absolute atomic E-state index is 0.129. The third-order valence-corrected chi connectivity index (χ3v) is 10.4. The number of hydrogen-bond acceptors (Lipinski definition) is 6. The average Bonchev–Trinajstić information content (AvgIpc) is 3.41. The SMILES string of the molecule is CCC(C)Oc1ccc(C2(c3ccc(OC)cc3)C=Cc3c4c(c5cc(OC)ccc5c3O2)-c2ccc(-c3cncnc3)cc2C4(C)C)cc1. The first-order valence-corrected chi connectivity index (χ1v) is 17.2. The molecule has 1 aliphatic heterocycles. The molecule has 6 heteroatoms. The lowest BCUT2D eigenvalue weighted by Crippen LogP contribution is -2.35. The zero-order chi connectivity index (χ0) is 34.6. The molecular formula is C44H40N2O4. The first kappa shape index (κ1) is 31.6. The van der Waals surface area contributed by atoms with Crippen LogP contribution < -0.4 is 18.9 Å². The molecule has 0 saturated heterocycles. The predicted molar refractivity (Wildman–Crippen MR) is 199 cm³/mol. The van der Waals surface area contributed by atoms with Crippen molar-refractivity contribution in [2.45, 2.75) is 51.2 Å². The molecule has 250 valence electrons. The zero-order valence-corrected chi connectivity index (χ0v) is 29.3. The van der Waals surface area contributed by atoms with E-state index in [1.807, 2.05) is 42.7 Å². The molecule has 2 aliphatic rings. The van der Waals surface area contributed by atoms with E-state index in [1.54, 1.807) is 20.5 Å². The topological polar surface area (TPSA) is 62.7 Å². The van der Waals surface area contributed by atoms with Gasteiger partial charge in [0.25, 0.3) is 0 Å². The summed E-state index contributed by atoms with van der Waals surface area (Å²) in [6.45, 7) is 8.84. The summed E-state index contributed by atoms with van der Waals surface area (Å²) in [6, 6.07) is 29.5. The standard InChI is InChI=1S/C44H40N2O4/c1-7-27(2)49-33-15-11-31(12-16-33)44(30-9-13-32(47-5)14-10-30)21-20-37-41-40(38-23-34(48-6)17-19-35(38)42(37)50-44)36-18-8-28(22-39(36)43(41,3)4)29-24-45-26-46-25-29/h8-27H,7H2,1-6H3. The summed E-state index contributed by atoms with van der Waals surface area (Å²) in [4.78, 5) is 8.56. The number of fused-ring (bicyclic) bond motifs is 8. The average molecular weight is 661 g/mol. The van der Waals surface area contributed by atoms with E-state index in [0.29, 0.717) is 0 Å². The van der Waals surface area contributed by atoms with E-state index in [-0.39, 0.29) is 11.5 Å². The second-order valence-electron chi connectivity index (χ2n) is 13.7. The molecule has 0 radical (unpaired) electrons. The molecule has 5 aromatic carbocycles. The maximum Gasteiger partial charge on any atom is 0.178 e. The Hall–Kier alpha value is -5.62. The van der Waals surface area contributed by atoms with Crippen LogP contribution in [0.5, 0.6) is 23.0 Å². The monoisotopic (exact) mass is 660 g/mol. The summed E-state index contributed by atoms with van der Waals surface area (Å²) in [6.07, 6.45) is 10.8. The summed E-state index contributed by atoms with van der Waals surface area (Å²) in [7, 11) is 3.40. The van der Waals surface area contributed by atoms with Gasteiger partial charge in [0.15, 0.2) is 5.60 Å². The number of benzene rings is 5. The highest BCUT2D eigenvalue weighted by molar-refractivity contribution is 6.09. The lowest BCUT2D eigenvalue weighted by Gasteiger charge is -2.38. The van der Waals surface area contributed by atoms with Gasteiger partial charge in [-0.25, -0.2) is 9.97 Å². The highest BCUT2D eigenvalue weighted by Crippen LogP contribution is 2.59. The van der Waals surface area contributed by atoms with Gasteiger partial charge < -0.3 is 18.9 Å². The molecule has 0 N–H and O–H groups in total. The number of aromatic nitrogens is 2. The van der Waals surface area contributed by atoms with Gasteiger partial charge in [-0.2, -0.15) is 0 Å². The number of hydrogen-bond donors (Lipinski definition) is 0. The summed E-state index contributed by atoms with van der Waals surface area (Å²) < 4.78 is 25.0. The van der Waals surface area contributed by atoms with Crippen LogP contribution in [-0.4, -0.2) is 30.3 Å². The minimum atomic E-state index is -0.911. The molecular weight excluding hydrogens is 620 g/mol. The van der Waals surface area contributed by atoms with Crippen molar-refractivity contribution in [1.29, 1.82) is 0 Å². The van der Waals surface area contributed by atoms with Crippen molar-refractivity contribution in [3.8, 4) is 45.3 Å². The maximum atomic E-state index is 7.48. The van der Waals surface area contributed by atoms with E-state index in [4.69, 9.17) is 18.9 Å². The third kappa shape index (κ3) is 4.93. The van der Waals surface area contributed by atoms with Crippen LogP contribution in [-0.2, 0) is 11.0 Å². The number of ether oxygens (including phenoxy) is 4. The Bertz CT molecular complexity index is 2260. The van der Waals surface area contributed by atoms with Gasteiger partial charge in [-0.05, 0) is 101 Å². The largest absolute Gasteiger partial charge is 0.497 e. The molecule has 50 heavy (non-hydrogen) atoms. The highest BCUT2D eigenvalue weighted by atomic mass is 16.5. The smallest absolute Gasteiger partial charge is 0.178 e. The Kier molecular flexibility index (Phi) is 7.63. The molecule has 2 heterocycles. The highest BCUT2D eigenvalue weighted by Gasteiger charge is 2.44. The van der Waals surface area contributed by atoms with Crippen LogP contribution in [0.2, 0.25) is 0 Å². The van der Waals surface area contributed by atoms with Gasteiger partial charge in [-0.1, -0.05) is 63.2 Å². The normalized spacial score (nSPS) is 17.3. The van der Waals surface area contributed by atoms with Crippen molar-refractivity contribution >= 4 is 16.8 Å². The third-order valence-electron chi connectivity index (χ3n) is 10.4. The lowest BCUT2D eigenvalue weighted by molar-refractivity contribution is 0.163. The van der Waals surface area contributed by atoms with Gasteiger partial charge in [0.2, 0.25) is 0 Å². The van der Waals surface area contributed by atoms with Crippen molar-refractivity contribution in [3.63, 3.8) is 0 Å². The summed E-state index contributed by atoms with van der Waals surface area (Å²) in [5.74, 6) is 3.27. The molecule has 0 saturated carbocycles. The van der Waals surface area contributed by atoms with Crippen LogP contribution >= 0.6 is 0 Å². The van der Waals surface area contributed by atoms with Crippen molar-refractivity contribution in [3.05, 3.63) is 138 Å². The molecule has 1 aromatic heterocycles. The Morgan fingerprint density at radius 2 is 1.40 bits per heavy atom. The first-order chi connectivity index (χ1) is 24.3. The summed E-state index contributed by atoms with van der Waals surface area (Å²) in [5.41, 5.74) is 8.83. The Morgan fingerprint density at radius 1 is 0.740 bits per heavy atom. The molecule has 0 bridgehead atoms. The fraction of sp³-hybridized carbons (Fsp3) is 0.227. The van der Waals surface area contributed by atoms with Crippen LogP contribution in [0.25, 0.3) is 39.1 Å². The quantitative estimate of drug-likeness (QED) is 0.162. The molecule has 8 rings (SSSR count). The molecule has 0 spiro atoms. The van der Waals surface area contributed by atoms with Crippen molar-refractivity contribution < 1.29 is 18.9 Å². The minimum Gasteiger partial charge on any atom is -0.497 e. The Labute approximate surface area is 293 Å². The van der Waals surface area contributed by atoms with E-state index in [9.17, 15) is 0 Å². The number of nitrogens with zero attached hydrogens (tertiary/aromatic N) is 2. The molecule has 2 unspecified atom stereocenters. The van der Waals surface area contributed by atoms with Gasteiger partial charge in [-0.3, -0.25) is 0 Å². The maximum absolute atomic E-state index is 7.48. The van der Waals surface area contributed by atoms with E-state index in [2.05, 4.69) is 104 Å². The molecule has 6 nitrogen and oxygen atoms in total. The van der Waals surface area contributed by atoms with Crippen molar-refractivity contribution in [2.75, 3.05) is 14.2 Å². The van der Waals surface area contributed by atoms with Gasteiger partial charge in [0, 0.05) is 45.4 Å². The van der Waals surface area contributed by atoms with Crippen LogP contribution in [0.1, 0.15) is 61.9 Å². The van der Waals surface area contributed by atoms with E-state index in [1.165, 1.54) is 22.3 Å². The molecule has 2 atom stereocenters. The van der Waals surface area contributed by atoms with Crippen LogP contribution in [0.3, 0.4) is 0 Å². The molecule has 0 fully saturated rings. The second-order valence-corrected chi connectivity index (χ2v) is 13.7. The van der Waals surface area contributed by atoms with Crippen LogP contribution in [0, 0.1) is 0 Å². The van der Waals surface area contributed by atoms with Crippen molar-refractivity contribution in [2.24, 2.45) is 0 Å². The van der Waals surface area contributed by atoms with Gasteiger partial charge in [-0.15, -0.1) is 0 Å². The van der Waals surface area contributed by atoms with Gasteiger partial charge in [0.1, 0.15) is 29.3 Å². The molecule has 6 aromatic rings. The fourth-order valence-corrected chi connectivity index (χ4v) is 7.63. The number of methoxy groups -OCH3 is 2. The summed E-state index contributed by atoms with van der Waals surface area (Å²) >= 11 is 0. The molecule has 0 amide bonds. The zero-order valence-electron chi connectivity index (χ0n) is 29.3. The number of rotatable bonds is 8. The first-order valence-electron chi connectivity index (χ1n) is 17.2. The second kappa shape index (κ2) is 12.1. The molecule has 1 aliphatic carbocycles. The van der Waals surface area contributed by atoms with E-state index >= 15 is 0 Å². The van der Waals surface area contributed by atoms with Crippen LogP contribution in [0.15, 0.2) is 110 Å². The van der Waals surface area contributed by atoms with E-state index in [0.717, 1.165) is 68.0 Å².